The van der Waals surface area contributed by atoms with E-state index < -0.39 is 5.82 Å². The smallest absolute Gasteiger partial charge is 0.236 e. The van der Waals surface area contributed by atoms with Crippen LogP contribution in [0.3, 0.4) is 0 Å². The molecule has 0 bridgehead atoms. The molecule has 1 rings (SSSR count). The Kier molecular flexibility index (Phi) is 7.11. The van der Waals surface area contributed by atoms with Gasteiger partial charge >= 0.3 is 0 Å². The highest BCUT2D eigenvalue weighted by molar-refractivity contribution is 6.30. The molecule has 0 saturated carbocycles. The van der Waals surface area contributed by atoms with Crippen molar-refractivity contribution in [2.75, 3.05) is 20.6 Å². The number of halogens is 3. The zero-order valence-corrected chi connectivity index (χ0v) is 11.2. The summed E-state index contributed by atoms with van der Waals surface area (Å²) < 4.78 is 13.1. The fraction of sp³-hybridized carbons (Fsp3) is 0.364. The van der Waals surface area contributed by atoms with E-state index >= 15 is 0 Å². The van der Waals surface area contributed by atoms with Crippen molar-refractivity contribution >= 4 is 29.9 Å². The summed E-state index contributed by atoms with van der Waals surface area (Å²) in [6, 6.07) is 4.53. The number of benzene rings is 1. The maximum absolute atomic E-state index is 13.1. The predicted octanol–water partition coefficient (Wildman–Crippen LogP) is 2.08. The molecule has 0 aliphatic rings. The van der Waals surface area contributed by atoms with Gasteiger partial charge in [-0.05, 0) is 24.7 Å². The molecule has 1 aromatic rings. The minimum Gasteiger partial charge on any atom is -0.340 e. The molecule has 96 valence electrons. The third kappa shape index (κ3) is 4.89. The van der Waals surface area contributed by atoms with Gasteiger partial charge in [-0.2, -0.15) is 0 Å². The minimum atomic E-state index is -0.464. The van der Waals surface area contributed by atoms with Gasteiger partial charge in [0.1, 0.15) is 5.82 Å². The van der Waals surface area contributed by atoms with Crippen LogP contribution in [0.2, 0.25) is 5.02 Å². The molecule has 1 aromatic carbocycles. The predicted molar refractivity (Wildman–Crippen MR) is 69.1 cm³/mol. The average molecular weight is 281 g/mol. The fourth-order valence-electron chi connectivity index (χ4n) is 1.29. The zero-order chi connectivity index (χ0) is 12.1. The van der Waals surface area contributed by atoms with Crippen LogP contribution >= 0.6 is 24.0 Å². The van der Waals surface area contributed by atoms with Crippen molar-refractivity contribution in [2.45, 2.75) is 6.54 Å². The molecule has 0 saturated heterocycles. The van der Waals surface area contributed by atoms with Gasteiger partial charge in [0, 0.05) is 13.6 Å². The summed E-state index contributed by atoms with van der Waals surface area (Å²) in [6.07, 6.45) is 0. The van der Waals surface area contributed by atoms with Gasteiger partial charge in [-0.15, -0.1) is 12.4 Å². The lowest BCUT2D eigenvalue weighted by atomic mass is 10.2. The van der Waals surface area contributed by atoms with Crippen molar-refractivity contribution < 1.29 is 9.18 Å². The van der Waals surface area contributed by atoms with Gasteiger partial charge in [0.2, 0.25) is 5.91 Å². The minimum absolute atomic E-state index is 0. The lowest BCUT2D eigenvalue weighted by Gasteiger charge is -2.17. The monoisotopic (exact) mass is 280 g/mol. The Morgan fingerprint density at radius 2 is 2.18 bits per heavy atom. The van der Waals surface area contributed by atoms with Crippen molar-refractivity contribution in [3.63, 3.8) is 0 Å². The van der Waals surface area contributed by atoms with Crippen LogP contribution in [-0.2, 0) is 11.3 Å². The first-order chi connectivity index (χ1) is 7.54. The van der Waals surface area contributed by atoms with E-state index in [1.807, 2.05) is 0 Å². The normalized spacial score (nSPS) is 9.65. The number of hydrogen-bond donors (Lipinski definition) is 1. The largest absolute Gasteiger partial charge is 0.340 e. The van der Waals surface area contributed by atoms with Crippen LogP contribution in [0, 0.1) is 5.82 Å². The van der Waals surface area contributed by atoms with E-state index in [2.05, 4.69) is 5.32 Å². The second kappa shape index (κ2) is 7.48. The molecule has 0 aromatic heterocycles. The summed E-state index contributed by atoms with van der Waals surface area (Å²) in [6.45, 7) is 0.640. The Bertz CT molecular complexity index is 388. The molecule has 1 amide bonds. The SMILES string of the molecule is CNCC(=O)N(C)Cc1ccc(Cl)c(F)c1.Cl. The van der Waals surface area contributed by atoms with Crippen molar-refractivity contribution in [1.82, 2.24) is 10.2 Å². The van der Waals surface area contributed by atoms with Crippen LogP contribution in [-0.4, -0.2) is 31.4 Å². The van der Waals surface area contributed by atoms with Gasteiger partial charge in [0.25, 0.3) is 0 Å². The average Bonchev–Trinajstić information content (AvgIpc) is 2.24. The molecular weight excluding hydrogens is 266 g/mol. The first kappa shape index (κ1) is 16.2. The quantitative estimate of drug-likeness (QED) is 0.916. The van der Waals surface area contributed by atoms with Crippen molar-refractivity contribution in [1.29, 1.82) is 0 Å². The number of carbonyl (C=O) groups is 1. The molecule has 0 aliphatic heterocycles. The summed E-state index contributed by atoms with van der Waals surface area (Å²) in [7, 11) is 3.37. The summed E-state index contributed by atoms with van der Waals surface area (Å²) in [5.74, 6) is -0.508. The molecule has 0 spiro atoms. The summed E-state index contributed by atoms with van der Waals surface area (Å²) in [5, 5.41) is 2.86. The highest BCUT2D eigenvalue weighted by atomic mass is 35.5. The maximum Gasteiger partial charge on any atom is 0.236 e. The van der Waals surface area contributed by atoms with Crippen LogP contribution in [0.15, 0.2) is 18.2 Å². The highest BCUT2D eigenvalue weighted by Crippen LogP contribution is 2.16. The van der Waals surface area contributed by atoms with E-state index in [0.29, 0.717) is 12.1 Å². The van der Waals surface area contributed by atoms with Crippen LogP contribution in [0.1, 0.15) is 5.56 Å². The molecule has 0 radical (unpaired) electrons. The molecule has 1 N–H and O–H groups in total. The van der Waals surface area contributed by atoms with Gasteiger partial charge in [0.15, 0.2) is 0 Å². The molecular formula is C11H15Cl2FN2O. The van der Waals surface area contributed by atoms with Gasteiger partial charge in [-0.3, -0.25) is 4.79 Å². The van der Waals surface area contributed by atoms with E-state index in [-0.39, 0.29) is 29.9 Å². The second-order valence-corrected chi connectivity index (χ2v) is 3.94. The first-order valence-electron chi connectivity index (χ1n) is 4.87. The second-order valence-electron chi connectivity index (χ2n) is 3.53. The molecule has 17 heavy (non-hydrogen) atoms. The van der Waals surface area contributed by atoms with Crippen molar-refractivity contribution in [3.8, 4) is 0 Å². The number of nitrogens with zero attached hydrogens (tertiary/aromatic N) is 1. The van der Waals surface area contributed by atoms with E-state index in [9.17, 15) is 9.18 Å². The van der Waals surface area contributed by atoms with E-state index in [1.165, 1.54) is 17.0 Å². The Morgan fingerprint density at radius 1 is 1.53 bits per heavy atom. The maximum atomic E-state index is 13.1. The summed E-state index contributed by atoms with van der Waals surface area (Å²) >= 11 is 5.56. The number of hydrogen-bond acceptors (Lipinski definition) is 2. The van der Waals surface area contributed by atoms with Crippen LogP contribution < -0.4 is 5.32 Å². The van der Waals surface area contributed by atoms with Crippen molar-refractivity contribution in [3.05, 3.63) is 34.6 Å². The molecule has 0 unspecified atom stereocenters. The number of rotatable bonds is 4. The number of amides is 1. The lowest BCUT2D eigenvalue weighted by Crippen LogP contribution is -2.33. The van der Waals surface area contributed by atoms with Gasteiger partial charge < -0.3 is 10.2 Å². The molecule has 0 fully saturated rings. The Labute approximate surface area is 111 Å². The topological polar surface area (TPSA) is 32.3 Å². The Morgan fingerprint density at radius 3 is 2.71 bits per heavy atom. The third-order valence-corrected chi connectivity index (χ3v) is 2.46. The Hall–Kier alpha value is -0.840. The van der Waals surface area contributed by atoms with Crippen molar-refractivity contribution in [2.24, 2.45) is 0 Å². The lowest BCUT2D eigenvalue weighted by molar-refractivity contribution is -0.129. The van der Waals surface area contributed by atoms with Crippen LogP contribution in [0.25, 0.3) is 0 Å². The van der Waals surface area contributed by atoms with E-state index in [4.69, 9.17) is 11.6 Å². The summed E-state index contributed by atoms with van der Waals surface area (Å²) in [5.41, 5.74) is 0.717. The first-order valence-corrected chi connectivity index (χ1v) is 5.25. The fourth-order valence-corrected chi connectivity index (χ4v) is 1.40. The van der Waals surface area contributed by atoms with E-state index in [1.54, 1.807) is 20.2 Å². The molecule has 3 nitrogen and oxygen atoms in total. The highest BCUT2D eigenvalue weighted by Gasteiger charge is 2.09. The van der Waals surface area contributed by atoms with Gasteiger partial charge in [-0.25, -0.2) is 4.39 Å². The van der Waals surface area contributed by atoms with Crippen LogP contribution in [0.4, 0.5) is 4.39 Å². The van der Waals surface area contributed by atoms with Gasteiger partial charge in [-0.1, -0.05) is 17.7 Å². The zero-order valence-electron chi connectivity index (χ0n) is 9.67. The molecule has 0 heterocycles. The molecule has 0 aliphatic carbocycles. The molecule has 6 heteroatoms. The van der Waals surface area contributed by atoms with Crippen LogP contribution in [0.5, 0.6) is 0 Å². The number of carbonyl (C=O) groups excluding carboxylic acids is 1. The Balaban J connectivity index is 0.00000256. The number of likely N-dealkylation sites (N-methyl/N-ethyl adjacent to an activating group) is 2. The standard InChI is InChI=1S/C11H14ClFN2O.ClH/c1-14-6-11(16)15(2)7-8-3-4-9(12)10(13)5-8;/h3-5,14H,6-7H2,1-2H3;1H. The number of nitrogens with one attached hydrogen (secondary N) is 1. The van der Waals surface area contributed by atoms with Gasteiger partial charge in [0.05, 0.1) is 11.6 Å². The molecule has 0 atom stereocenters. The van der Waals surface area contributed by atoms with E-state index in [0.717, 1.165) is 0 Å². The summed E-state index contributed by atoms with van der Waals surface area (Å²) in [4.78, 5) is 13.0. The third-order valence-electron chi connectivity index (χ3n) is 2.16.